The third kappa shape index (κ3) is 3.30. The quantitative estimate of drug-likeness (QED) is 0.868. The van der Waals surface area contributed by atoms with Crippen LogP contribution in [0.1, 0.15) is 38.2 Å². The topological polar surface area (TPSA) is 29.3 Å². The first-order valence-corrected chi connectivity index (χ1v) is 6.85. The maximum Gasteiger partial charge on any atom is 0.0248 e. The molecule has 1 heterocycles. The van der Waals surface area contributed by atoms with Crippen molar-refractivity contribution in [3.05, 3.63) is 35.9 Å². The molecule has 2 atom stereocenters. The minimum absolute atomic E-state index is 0.353. The molecule has 2 N–H and O–H groups in total. The number of benzene rings is 1. The molecular weight excluding hydrogens is 208 g/mol. The smallest absolute Gasteiger partial charge is 0.0248 e. The summed E-state index contributed by atoms with van der Waals surface area (Å²) in [5, 5.41) is 0. The molecule has 1 fully saturated rings. The largest absolute Gasteiger partial charge is 0.326 e. The standard InChI is InChI=1S/C15H24N2/c1-2-15-14(16)10-6-7-11-17(15)12-13-8-4-3-5-9-13/h3-5,8-9,14-15H,2,6-7,10-12,16H2,1H3. The van der Waals surface area contributed by atoms with Crippen LogP contribution in [0.25, 0.3) is 0 Å². The van der Waals surface area contributed by atoms with Crippen LogP contribution in [-0.2, 0) is 6.54 Å². The van der Waals surface area contributed by atoms with Gasteiger partial charge in [-0.05, 0) is 31.4 Å². The highest BCUT2D eigenvalue weighted by Crippen LogP contribution is 2.20. The Bertz CT molecular complexity index is 323. The number of likely N-dealkylation sites (tertiary alicyclic amines) is 1. The van der Waals surface area contributed by atoms with Gasteiger partial charge in [-0.25, -0.2) is 0 Å². The van der Waals surface area contributed by atoms with Crippen LogP contribution >= 0.6 is 0 Å². The summed E-state index contributed by atoms with van der Waals surface area (Å²) < 4.78 is 0. The molecule has 1 aromatic rings. The van der Waals surface area contributed by atoms with Gasteiger partial charge >= 0.3 is 0 Å². The van der Waals surface area contributed by atoms with Crippen molar-refractivity contribution < 1.29 is 0 Å². The van der Waals surface area contributed by atoms with Crippen molar-refractivity contribution in [3.63, 3.8) is 0 Å². The molecule has 1 aliphatic rings. The molecule has 2 nitrogen and oxygen atoms in total. The van der Waals surface area contributed by atoms with Gasteiger partial charge in [0.15, 0.2) is 0 Å². The molecular formula is C15H24N2. The van der Waals surface area contributed by atoms with Crippen molar-refractivity contribution >= 4 is 0 Å². The van der Waals surface area contributed by atoms with Crippen LogP contribution < -0.4 is 5.73 Å². The maximum absolute atomic E-state index is 6.29. The van der Waals surface area contributed by atoms with E-state index >= 15 is 0 Å². The number of hydrogen-bond acceptors (Lipinski definition) is 2. The zero-order chi connectivity index (χ0) is 12.1. The Morgan fingerprint density at radius 2 is 2.00 bits per heavy atom. The Morgan fingerprint density at radius 3 is 2.71 bits per heavy atom. The van der Waals surface area contributed by atoms with E-state index in [1.54, 1.807) is 0 Å². The minimum Gasteiger partial charge on any atom is -0.326 e. The van der Waals surface area contributed by atoms with Crippen LogP contribution in [0.3, 0.4) is 0 Å². The average molecular weight is 232 g/mol. The highest BCUT2D eigenvalue weighted by molar-refractivity contribution is 5.14. The molecule has 0 amide bonds. The Labute approximate surface area is 105 Å². The van der Waals surface area contributed by atoms with Gasteiger partial charge in [-0.3, -0.25) is 4.90 Å². The minimum atomic E-state index is 0.353. The van der Waals surface area contributed by atoms with Gasteiger partial charge in [0.25, 0.3) is 0 Å². The Kier molecular flexibility index (Phi) is 4.57. The van der Waals surface area contributed by atoms with Gasteiger partial charge in [-0.2, -0.15) is 0 Å². The molecule has 0 radical (unpaired) electrons. The summed E-state index contributed by atoms with van der Waals surface area (Å²) in [4.78, 5) is 2.58. The van der Waals surface area contributed by atoms with Gasteiger partial charge in [-0.15, -0.1) is 0 Å². The lowest BCUT2D eigenvalue weighted by Crippen LogP contribution is -2.45. The van der Waals surface area contributed by atoms with Crippen molar-refractivity contribution in [3.8, 4) is 0 Å². The molecule has 0 aromatic heterocycles. The fourth-order valence-electron chi connectivity index (χ4n) is 2.90. The lowest BCUT2D eigenvalue weighted by Gasteiger charge is -2.32. The molecule has 2 heteroatoms. The van der Waals surface area contributed by atoms with Crippen LogP contribution in [0.4, 0.5) is 0 Å². The molecule has 0 saturated carbocycles. The fourth-order valence-corrected chi connectivity index (χ4v) is 2.90. The first-order chi connectivity index (χ1) is 8.31. The fraction of sp³-hybridized carbons (Fsp3) is 0.600. The van der Waals surface area contributed by atoms with Crippen molar-refractivity contribution in [1.82, 2.24) is 4.90 Å². The first kappa shape index (κ1) is 12.6. The monoisotopic (exact) mass is 232 g/mol. The summed E-state index contributed by atoms with van der Waals surface area (Å²) >= 11 is 0. The normalized spacial score (nSPS) is 26.7. The molecule has 17 heavy (non-hydrogen) atoms. The number of nitrogens with two attached hydrogens (primary N) is 1. The summed E-state index contributed by atoms with van der Waals surface area (Å²) in [6.07, 6.45) is 4.91. The van der Waals surface area contributed by atoms with E-state index in [9.17, 15) is 0 Å². The Morgan fingerprint density at radius 1 is 1.24 bits per heavy atom. The SMILES string of the molecule is CCC1C(N)CCCCN1Cc1ccccc1. The van der Waals surface area contributed by atoms with Crippen LogP contribution in [0.15, 0.2) is 30.3 Å². The zero-order valence-electron chi connectivity index (χ0n) is 10.8. The van der Waals surface area contributed by atoms with Gasteiger partial charge in [0.1, 0.15) is 0 Å². The summed E-state index contributed by atoms with van der Waals surface area (Å²) in [7, 11) is 0. The second kappa shape index (κ2) is 6.18. The maximum atomic E-state index is 6.29. The van der Waals surface area contributed by atoms with E-state index in [1.165, 1.54) is 31.4 Å². The molecule has 2 unspecified atom stereocenters. The highest BCUT2D eigenvalue weighted by Gasteiger charge is 2.25. The summed E-state index contributed by atoms with van der Waals surface area (Å²) in [6.45, 7) is 4.50. The lowest BCUT2D eigenvalue weighted by atomic mass is 10.0. The van der Waals surface area contributed by atoms with Gasteiger partial charge in [-0.1, -0.05) is 43.7 Å². The highest BCUT2D eigenvalue weighted by atomic mass is 15.2. The molecule has 94 valence electrons. The third-order valence-corrected chi connectivity index (χ3v) is 3.84. The predicted octanol–water partition coefficient (Wildman–Crippen LogP) is 2.78. The first-order valence-electron chi connectivity index (χ1n) is 6.85. The molecule has 0 aliphatic carbocycles. The second-order valence-corrected chi connectivity index (χ2v) is 5.09. The number of nitrogens with zero attached hydrogens (tertiary/aromatic N) is 1. The molecule has 1 aromatic carbocycles. The van der Waals surface area contributed by atoms with Crippen molar-refractivity contribution in [2.45, 2.75) is 51.2 Å². The number of hydrogen-bond donors (Lipinski definition) is 1. The summed E-state index contributed by atoms with van der Waals surface area (Å²) in [5.41, 5.74) is 7.69. The van der Waals surface area contributed by atoms with Crippen LogP contribution in [0, 0.1) is 0 Å². The van der Waals surface area contributed by atoms with E-state index < -0.39 is 0 Å². The molecule has 0 bridgehead atoms. The van der Waals surface area contributed by atoms with Crippen molar-refractivity contribution in [2.75, 3.05) is 6.54 Å². The Balaban J connectivity index is 2.06. The van der Waals surface area contributed by atoms with Crippen molar-refractivity contribution in [1.29, 1.82) is 0 Å². The lowest BCUT2D eigenvalue weighted by molar-refractivity contribution is 0.171. The van der Waals surface area contributed by atoms with Gasteiger partial charge in [0.05, 0.1) is 0 Å². The van der Waals surface area contributed by atoms with E-state index in [2.05, 4.69) is 42.2 Å². The van der Waals surface area contributed by atoms with Crippen molar-refractivity contribution in [2.24, 2.45) is 5.73 Å². The van der Waals surface area contributed by atoms with E-state index in [-0.39, 0.29) is 0 Å². The number of rotatable bonds is 3. The summed E-state index contributed by atoms with van der Waals surface area (Å²) in [5.74, 6) is 0. The molecule has 1 saturated heterocycles. The molecule has 2 rings (SSSR count). The van der Waals surface area contributed by atoms with E-state index in [1.807, 2.05) is 0 Å². The zero-order valence-corrected chi connectivity index (χ0v) is 10.8. The molecule has 1 aliphatic heterocycles. The van der Waals surface area contributed by atoms with Gasteiger partial charge < -0.3 is 5.73 Å². The van der Waals surface area contributed by atoms with Gasteiger partial charge in [0, 0.05) is 18.6 Å². The Hall–Kier alpha value is -0.860. The summed E-state index contributed by atoms with van der Waals surface area (Å²) in [6, 6.07) is 11.6. The van der Waals surface area contributed by atoms with E-state index in [0.29, 0.717) is 12.1 Å². The van der Waals surface area contributed by atoms with E-state index in [0.717, 1.165) is 13.0 Å². The van der Waals surface area contributed by atoms with Crippen LogP contribution in [-0.4, -0.2) is 23.5 Å². The average Bonchev–Trinajstić information content (AvgIpc) is 2.52. The van der Waals surface area contributed by atoms with Crippen LogP contribution in [0.2, 0.25) is 0 Å². The van der Waals surface area contributed by atoms with E-state index in [4.69, 9.17) is 5.73 Å². The molecule has 0 spiro atoms. The third-order valence-electron chi connectivity index (χ3n) is 3.84. The van der Waals surface area contributed by atoms with Gasteiger partial charge in [0.2, 0.25) is 0 Å². The van der Waals surface area contributed by atoms with Crippen LogP contribution in [0.5, 0.6) is 0 Å². The second-order valence-electron chi connectivity index (χ2n) is 5.09. The predicted molar refractivity (Wildman–Crippen MR) is 72.8 cm³/mol.